The number of nitrogens with zero attached hydrogens (tertiary/aromatic N) is 3. The Labute approximate surface area is 132 Å². The third kappa shape index (κ3) is 2.30. The number of halogens is 4. The Hall–Kier alpha value is -1.17. The average Bonchev–Trinajstić information content (AvgIpc) is 2.78. The van der Waals surface area contributed by atoms with Gasteiger partial charge in [-0.1, -0.05) is 11.6 Å². The van der Waals surface area contributed by atoms with Crippen molar-refractivity contribution in [3.63, 3.8) is 0 Å². The molecular formula is C13H7BrCl2FN3. The lowest BCUT2D eigenvalue weighted by atomic mass is 10.3. The first-order valence-electron chi connectivity index (χ1n) is 5.64. The third-order valence-corrected chi connectivity index (χ3v) is 3.92. The Balaban J connectivity index is 2.37. The van der Waals surface area contributed by atoms with Crippen LogP contribution in [0.25, 0.3) is 16.9 Å². The summed E-state index contributed by atoms with van der Waals surface area (Å²) in [6, 6.07) is 6.10. The molecule has 1 aromatic carbocycles. The molecule has 0 N–H and O–H groups in total. The maximum absolute atomic E-state index is 13.5. The van der Waals surface area contributed by atoms with Crippen molar-refractivity contribution in [2.24, 2.45) is 0 Å². The van der Waals surface area contributed by atoms with Gasteiger partial charge in [0, 0.05) is 10.7 Å². The van der Waals surface area contributed by atoms with Crippen LogP contribution in [0.3, 0.4) is 0 Å². The van der Waals surface area contributed by atoms with Crippen LogP contribution in [0.5, 0.6) is 0 Å². The van der Waals surface area contributed by atoms with Crippen molar-refractivity contribution >= 4 is 50.3 Å². The molecule has 0 radical (unpaired) electrons. The van der Waals surface area contributed by atoms with E-state index >= 15 is 0 Å². The van der Waals surface area contributed by atoms with E-state index in [4.69, 9.17) is 23.2 Å². The first-order chi connectivity index (χ1) is 9.60. The Morgan fingerprint density at radius 1 is 1.30 bits per heavy atom. The first kappa shape index (κ1) is 13.8. The Bertz CT molecular complexity index is 804. The minimum atomic E-state index is -0.348. The Kier molecular flexibility index (Phi) is 3.67. The molecule has 0 saturated carbocycles. The van der Waals surface area contributed by atoms with Crippen LogP contribution >= 0.6 is 39.1 Å². The van der Waals surface area contributed by atoms with Gasteiger partial charge < -0.3 is 0 Å². The molecule has 3 rings (SSSR count). The van der Waals surface area contributed by atoms with Gasteiger partial charge in [0.15, 0.2) is 5.65 Å². The number of hydrogen-bond acceptors (Lipinski definition) is 2. The van der Waals surface area contributed by atoms with Gasteiger partial charge in [0.2, 0.25) is 0 Å². The Morgan fingerprint density at radius 3 is 2.85 bits per heavy atom. The van der Waals surface area contributed by atoms with E-state index in [9.17, 15) is 4.39 Å². The van der Waals surface area contributed by atoms with Gasteiger partial charge in [0.05, 0.1) is 16.6 Å². The van der Waals surface area contributed by atoms with Crippen molar-refractivity contribution in [1.29, 1.82) is 0 Å². The molecule has 102 valence electrons. The number of pyridine rings is 1. The summed E-state index contributed by atoms with van der Waals surface area (Å²) >= 11 is 15.2. The van der Waals surface area contributed by atoms with E-state index in [0.29, 0.717) is 27.7 Å². The highest BCUT2D eigenvalue weighted by Gasteiger charge is 2.16. The van der Waals surface area contributed by atoms with Crippen LogP contribution in [-0.4, -0.2) is 14.5 Å². The molecule has 2 aromatic heterocycles. The summed E-state index contributed by atoms with van der Waals surface area (Å²) < 4.78 is 15.9. The van der Waals surface area contributed by atoms with E-state index in [-0.39, 0.29) is 11.7 Å². The van der Waals surface area contributed by atoms with E-state index in [2.05, 4.69) is 25.9 Å². The molecular weight excluding hydrogens is 368 g/mol. The van der Waals surface area contributed by atoms with E-state index in [1.54, 1.807) is 16.7 Å². The van der Waals surface area contributed by atoms with Crippen LogP contribution in [-0.2, 0) is 5.88 Å². The molecule has 7 heteroatoms. The van der Waals surface area contributed by atoms with Gasteiger partial charge in [-0.2, -0.15) is 0 Å². The van der Waals surface area contributed by atoms with Gasteiger partial charge in [0.25, 0.3) is 0 Å². The molecule has 0 spiro atoms. The van der Waals surface area contributed by atoms with Crippen LogP contribution in [0.15, 0.2) is 34.9 Å². The lowest BCUT2D eigenvalue weighted by molar-refractivity contribution is 0.626. The maximum Gasteiger partial charge on any atom is 0.164 e. The summed E-state index contributed by atoms with van der Waals surface area (Å²) in [4.78, 5) is 8.64. The lowest BCUT2D eigenvalue weighted by Gasteiger charge is -2.09. The first-order valence-corrected chi connectivity index (χ1v) is 7.35. The maximum atomic E-state index is 13.5. The van der Waals surface area contributed by atoms with Crippen LogP contribution in [0.2, 0.25) is 5.02 Å². The molecule has 20 heavy (non-hydrogen) atoms. The SMILES string of the molecule is Fc1ccc(Br)c(-n2c(CCl)nc3cc(Cl)cnc32)c1. The van der Waals surface area contributed by atoms with Crippen molar-refractivity contribution < 1.29 is 4.39 Å². The fourth-order valence-corrected chi connectivity index (χ4v) is 2.74. The van der Waals surface area contributed by atoms with Gasteiger partial charge in [-0.15, -0.1) is 11.6 Å². The Morgan fingerprint density at radius 2 is 2.10 bits per heavy atom. The zero-order valence-electron chi connectivity index (χ0n) is 9.95. The minimum absolute atomic E-state index is 0.178. The van der Waals surface area contributed by atoms with Gasteiger partial charge >= 0.3 is 0 Å². The van der Waals surface area contributed by atoms with Gasteiger partial charge in [-0.05, 0) is 40.2 Å². The minimum Gasteiger partial charge on any atom is -0.278 e. The van der Waals surface area contributed by atoms with Gasteiger partial charge in [-0.3, -0.25) is 4.57 Å². The molecule has 0 fully saturated rings. The van der Waals surface area contributed by atoms with Crippen molar-refractivity contribution in [2.75, 3.05) is 0 Å². The summed E-state index contributed by atoms with van der Waals surface area (Å²) in [5.74, 6) is 0.402. The van der Waals surface area contributed by atoms with Crippen LogP contribution in [0, 0.1) is 5.82 Å². The molecule has 0 bridgehead atoms. The fraction of sp³-hybridized carbons (Fsp3) is 0.0769. The number of aromatic nitrogens is 3. The molecule has 0 aliphatic heterocycles. The number of hydrogen-bond donors (Lipinski definition) is 0. The second-order valence-electron chi connectivity index (χ2n) is 4.09. The fourth-order valence-electron chi connectivity index (χ4n) is 1.99. The molecule has 0 unspecified atom stereocenters. The molecule has 3 aromatic rings. The zero-order valence-corrected chi connectivity index (χ0v) is 13.0. The quantitative estimate of drug-likeness (QED) is 0.608. The number of rotatable bonds is 2. The highest BCUT2D eigenvalue weighted by Crippen LogP contribution is 2.28. The molecule has 0 atom stereocenters. The van der Waals surface area contributed by atoms with E-state index < -0.39 is 0 Å². The summed E-state index contributed by atoms with van der Waals surface area (Å²) in [7, 11) is 0. The van der Waals surface area contributed by atoms with Crippen LogP contribution < -0.4 is 0 Å². The molecule has 0 saturated heterocycles. The standard InChI is InChI=1S/C13H7BrCl2FN3/c14-9-2-1-8(17)4-11(9)20-12(5-15)19-10-3-7(16)6-18-13(10)20/h1-4,6H,5H2. The second-order valence-corrected chi connectivity index (χ2v) is 5.65. The topological polar surface area (TPSA) is 30.7 Å². The van der Waals surface area contributed by atoms with Crippen molar-refractivity contribution in [1.82, 2.24) is 14.5 Å². The van der Waals surface area contributed by atoms with Gasteiger partial charge in [0.1, 0.15) is 17.2 Å². The number of alkyl halides is 1. The normalized spacial score (nSPS) is 11.2. The predicted octanol–water partition coefficient (Wildman–Crippen LogP) is 4.71. The summed E-state index contributed by atoms with van der Waals surface area (Å²) in [5, 5.41) is 0.488. The smallest absolute Gasteiger partial charge is 0.164 e. The highest BCUT2D eigenvalue weighted by molar-refractivity contribution is 9.10. The number of fused-ring (bicyclic) bond motifs is 1. The molecule has 0 amide bonds. The largest absolute Gasteiger partial charge is 0.278 e. The molecule has 0 aliphatic carbocycles. The van der Waals surface area contributed by atoms with E-state index in [1.807, 2.05) is 0 Å². The van der Waals surface area contributed by atoms with Crippen molar-refractivity contribution in [2.45, 2.75) is 5.88 Å². The van der Waals surface area contributed by atoms with Crippen molar-refractivity contribution in [3.05, 3.63) is 51.6 Å². The van der Waals surface area contributed by atoms with E-state index in [1.165, 1.54) is 18.3 Å². The zero-order chi connectivity index (χ0) is 14.3. The van der Waals surface area contributed by atoms with Gasteiger partial charge in [-0.25, -0.2) is 14.4 Å². The number of imidazole rings is 1. The highest BCUT2D eigenvalue weighted by atomic mass is 79.9. The number of benzene rings is 1. The summed E-state index contributed by atoms with van der Waals surface area (Å²) in [5.41, 5.74) is 1.79. The molecule has 3 nitrogen and oxygen atoms in total. The molecule has 0 aliphatic rings. The van der Waals surface area contributed by atoms with Crippen LogP contribution in [0.1, 0.15) is 5.82 Å². The third-order valence-electron chi connectivity index (χ3n) is 2.80. The van der Waals surface area contributed by atoms with Crippen LogP contribution in [0.4, 0.5) is 4.39 Å². The summed E-state index contributed by atoms with van der Waals surface area (Å²) in [6.45, 7) is 0. The van der Waals surface area contributed by atoms with Crippen molar-refractivity contribution in [3.8, 4) is 5.69 Å². The second kappa shape index (κ2) is 5.31. The lowest BCUT2D eigenvalue weighted by Crippen LogP contribution is -2.02. The predicted molar refractivity (Wildman–Crippen MR) is 81.1 cm³/mol. The summed E-state index contributed by atoms with van der Waals surface area (Å²) in [6.07, 6.45) is 1.52. The monoisotopic (exact) mass is 373 g/mol. The molecule has 2 heterocycles. The average molecular weight is 375 g/mol. The van der Waals surface area contributed by atoms with E-state index in [0.717, 1.165) is 4.47 Å².